The summed E-state index contributed by atoms with van der Waals surface area (Å²) in [5.41, 5.74) is 5.71. The third-order valence-corrected chi connectivity index (χ3v) is 1.73. The number of nitrogens with zero attached hydrogens (tertiary/aromatic N) is 2. The molecule has 0 radical (unpaired) electrons. The van der Waals surface area contributed by atoms with Crippen molar-refractivity contribution in [3.63, 3.8) is 0 Å². The first-order valence-electron chi connectivity index (χ1n) is 4.65. The summed E-state index contributed by atoms with van der Waals surface area (Å²) in [6, 6.07) is -0.339. The molecule has 0 saturated carbocycles. The Morgan fingerprint density at radius 2 is 2.29 bits per heavy atom. The van der Waals surface area contributed by atoms with Crippen molar-refractivity contribution >= 4 is 0 Å². The van der Waals surface area contributed by atoms with E-state index in [4.69, 9.17) is 16.7 Å². The minimum Gasteiger partial charge on any atom is -0.338 e. The molecular formula is C10H15N3O. The van der Waals surface area contributed by atoms with Crippen LogP contribution in [0.2, 0.25) is 0 Å². The fourth-order valence-corrected chi connectivity index (χ4v) is 1.08. The third kappa shape index (κ3) is 2.86. The molecule has 0 bridgehead atoms. The number of aromatic nitrogens is 2. The zero-order valence-electron chi connectivity index (χ0n) is 8.53. The Bertz CT molecular complexity index is 324. The van der Waals surface area contributed by atoms with E-state index in [9.17, 15) is 0 Å². The standard InChI is InChI=1S/C10H15N3O/c1-4-5-8(11)10-12-9(13-14-10)6-7(2)3/h1,7-8H,5-6,11H2,2-3H3. The molecular weight excluding hydrogens is 178 g/mol. The fraction of sp³-hybridized carbons (Fsp3) is 0.600. The van der Waals surface area contributed by atoms with Crippen LogP contribution in [0.15, 0.2) is 4.52 Å². The molecule has 1 aromatic rings. The molecule has 4 nitrogen and oxygen atoms in total. The highest BCUT2D eigenvalue weighted by molar-refractivity contribution is 4.98. The maximum absolute atomic E-state index is 5.71. The number of hydrogen-bond donors (Lipinski definition) is 1. The summed E-state index contributed by atoms with van der Waals surface area (Å²) in [5, 5.41) is 3.82. The minimum absolute atomic E-state index is 0.339. The summed E-state index contributed by atoms with van der Waals surface area (Å²) in [7, 11) is 0. The average Bonchev–Trinajstić information content (AvgIpc) is 2.52. The first kappa shape index (κ1) is 10.7. The van der Waals surface area contributed by atoms with Crippen molar-refractivity contribution in [2.75, 3.05) is 0 Å². The van der Waals surface area contributed by atoms with Gasteiger partial charge in [0.2, 0.25) is 5.89 Å². The molecule has 4 heteroatoms. The minimum atomic E-state index is -0.339. The zero-order valence-corrected chi connectivity index (χ0v) is 8.53. The third-order valence-electron chi connectivity index (χ3n) is 1.73. The molecule has 1 atom stereocenters. The van der Waals surface area contributed by atoms with E-state index in [1.54, 1.807) is 0 Å². The monoisotopic (exact) mass is 193 g/mol. The van der Waals surface area contributed by atoms with E-state index in [-0.39, 0.29) is 6.04 Å². The molecule has 0 saturated heterocycles. The van der Waals surface area contributed by atoms with Gasteiger partial charge in [-0.05, 0) is 5.92 Å². The molecule has 0 aromatic carbocycles. The Kier molecular flexibility index (Phi) is 3.66. The Labute approximate surface area is 83.9 Å². The van der Waals surface area contributed by atoms with Gasteiger partial charge in [0, 0.05) is 12.8 Å². The maximum Gasteiger partial charge on any atom is 0.244 e. The van der Waals surface area contributed by atoms with Crippen LogP contribution >= 0.6 is 0 Å². The Morgan fingerprint density at radius 3 is 2.86 bits per heavy atom. The lowest BCUT2D eigenvalue weighted by Crippen LogP contribution is -2.09. The van der Waals surface area contributed by atoms with Gasteiger partial charge >= 0.3 is 0 Å². The predicted octanol–water partition coefficient (Wildman–Crippen LogP) is 1.29. The van der Waals surface area contributed by atoms with Gasteiger partial charge in [-0.25, -0.2) is 0 Å². The van der Waals surface area contributed by atoms with E-state index < -0.39 is 0 Å². The van der Waals surface area contributed by atoms with Crippen LogP contribution in [0.5, 0.6) is 0 Å². The molecule has 14 heavy (non-hydrogen) atoms. The largest absolute Gasteiger partial charge is 0.338 e. The molecule has 0 aliphatic heterocycles. The van der Waals surface area contributed by atoms with Crippen molar-refractivity contribution in [2.24, 2.45) is 11.7 Å². The highest BCUT2D eigenvalue weighted by Gasteiger charge is 2.13. The summed E-state index contributed by atoms with van der Waals surface area (Å²) in [6.07, 6.45) is 6.35. The highest BCUT2D eigenvalue weighted by Crippen LogP contribution is 2.12. The van der Waals surface area contributed by atoms with Gasteiger partial charge in [0.25, 0.3) is 0 Å². The van der Waals surface area contributed by atoms with Crippen molar-refractivity contribution < 1.29 is 4.52 Å². The summed E-state index contributed by atoms with van der Waals surface area (Å²) < 4.78 is 5.00. The van der Waals surface area contributed by atoms with Crippen molar-refractivity contribution in [1.29, 1.82) is 0 Å². The topological polar surface area (TPSA) is 64.9 Å². The Morgan fingerprint density at radius 1 is 1.57 bits per heavy atom. The summed E-state index contributed by atoms with van der Waals surface area (Å²) in [4.78, 5) is 4.17. The summed E-state index contributed by atoms with van der Waals surface area (Å²) in [5.74, 6) is 4.09. The van der Waals surface area contributed by atoms with Crippen LogP contribution in [0.25, 0.3) is 0 Å². The predicted molar refractivity (Wildman–Crippen MR) is 53.2 cm³/mol. The molecule has 0 amide bonds. The van der Waals surface area contributed by atoms with Crippen LogP contribution in [0.1, 0.15) is 38.0 Å². The molecule has 0 spiro atoms. The molecule has 0 aliphatic rings. The van der Waals surface area contributed by atoms with E-state index in [1.165, 1.54) is 0 Å². The molecule has 1 rings (SSSR count). The first-order chi connectivity index (χ1) is 6.63. The van der Waals surface area contributed by atoms with Gasteiger partial charge in [-0.15, -0.1) is 12.3 Å². The Hall–Kier alpha value is -1.34. The van der Waals surface area contributed by atoms with E-state index >= 15 is 0 Å². The first-order valence-corrected chi connectivity index (χ1v) is 4.65. The molecule has 1 aromatic heterocycles. The summed E-state index contributed by atoms with van der Waals surface area (Å²) >= 11 is 0. The molecule has 1 unspecified atom stereocenters. The number of rotatable bonds is 4. The normalized spacial score (nSPS) is 12.8. The van der Waals surface area contributed by atoms with Gasteiger partial charge < -0.3 is 10.3 Å². The van der Waals surface area contributed by atoms with Gasteiger partial charge in [-0.3, -0.25) is 0 Å². The fourth-order valence-electron chi connectivity index (χ4n) is 1.08. The second-order valence-electron chi connectivity index (χ2n) is 3.66. The van der Waals surface area contributed by atoms with Gasteiger partial charge in [-0.1, -0.05) is 19.0 Å². The van der Waals surface area contributed by atoms with E-state index in [0.29, 0.717) is 24.1 Å². The molecule has 1 heterocycles. The maximum atomic E-state index is 5.71. The van der Waals surface area contributed by atoms with E-state index in [0.717, 1.165) is 6.42 Å². The van der Waals surface area contributed by atoms with Gasteiger partial charge in [0.05, 0.1) is 6.04 Å². The van der Waals surface area contributed by atoms with Crippen LogP contribution in [-0.4, -0.2) is 10.1 Å². The SMILES string of the molecule is C#CCC(N)c1nc(CC(C)C)no1. The smallest absolute Gasteiger partial charge is 0.244 e. The second kappa shape index (κ2) is 4.77. The van der Waals surface area contributed by atoms with Crippen LogP contribution < -0.4 is 5.73 Å². The molecule has 2 N–H and O–H groups in total. The lowest BCUT2D eigenvalue weighted by molar-refractivity contribution is 0.351. The second-order valence-corrected chi connectivity index (χ2v) is 3.66. The van der Waals surface area contributed by atoms with Crippen molar-refractivity contribution in [3.05, 3.63) is 11.7 Å². The number of hydrogen-bond acceptors (Lipinski definition) is 4. The summed E-state index contributed by atoms with van der Waals surface area (Å²) in [6.45, 7) is 4.19. The molecule has 0 aliphatic carbocycles. The average molecular weight is 193 g/mol. The lowest BCUT2D eigenvalue weighted by Gasteiger charge is -1.99. The van der Waals surface area contributed by atoms with E-state index in [1.807, 2.05) is 0 Å². The Balaban J connectivity index is 2.64. The van der Waals surface area contributed by atoms with E-state index in [2.05, 4.69) is 29.9 Å². The van der Waals surface area contributed by atoms with Crippen LogP contribution in [0.3, 0.4) is 0 Å². The van der Waals surface area contributed by atoms with Gasteiger partial charge in [-0.2, -0.15) is 4.98 Å². The lowest BCUT2D eigenvalue weighted by atomic mass is 10.1. The molecule has 76 valence electrons. The molecule has 0 fully saturated rings. The van der Waals surface area contributed by atoms with Crippen molar-refractivity contribution in [1.82, 2.24) is 10.1 Å². The highest BCUT2D eigenvalue weighted by atomic mass is 16.5. The number of nitrogens with two attached hydrogens (primary N) is 1. The van der Waals surface area contributed by atoms with Crippen molar-refractivity contribution in [2.45, 2.75) is 32.7 Å². The van der Waals surface area contributed by atoms with Crippen LogP contribution in [0.4, 0.5) is 0 Å². The number of terminal acetylenes is 1. The van der Waals surface area contributed by atoms with Crippen LogP contribution in [-0.2, 0) is 6.42 Å². The quantitative estimate of drug-likeness (QED) is 0.732. The van der Waals surface area contributed by atoms with Gasteiger partial charge in [0.15, 0.2) is 5.82 Å². The van der Waals surface area contributed by atoms with Crippen molar-refractivity contribution in [3.8, 4) is 12.3 Å². The zero-order chi connectivity index (χ0) is 10.6. The van der Waals surface area contributed by atoms with Crippen LogP contribution in [0, 0.1) is 18.3 Å². The van der Waals surface area contributed by atoms with Gasteiger partial charge in [0.1, 0.15) is 0 Å².